The topological polar surface area (TPSA) is 64.2 Å². The van der Waals surface area contributed by atoms with Crippen LogP contribution in [0.5, 0.6) is 0 Å². The Balaban J connectivity index is 0.00000256. The molecule has 6 heteroatoms. The van der Waals surface area contributed by atoms with Crippen LogP contribution in [0.1, 0.15) is 25.3 Å². The number of nitrogens with zero attached hydrogens (tertiary/aromatic N) is 3. The number of halogens is 1. The van der Waals surface area contributed by atoms with E-state index in [0.717, 1.165) is 18.4 Å². The Labute approximate surface area is 108 Å². The third kappa shape index (κ3) is 4.75. The first-order valence-corrected chi connectivity index (χ1v) is 5.52. The van der Waals surface area contributed by atoms with Gasteiger partial charge in [0.2, 0.25) is 5.91 Å². The fourth-order valence-corrected chi connectivity index (χ4v) is 1.62. The van der Waals surface area contributed by atoms with Crippen LogP contribution in [0, 0.1) is 0 Å². The molecular formula is C11H21ClN4O. The van der Waals surface area contributed by atoms with Gasteiger partial charge in [0, 0.05) is 32.4 Å². The van der Waals surface area contributed by atoms with Gasteiger partial charge in [0.1, 0.15) is 0 Å². The van der Waals surface area contributed by atoms with Crippen molar-refractivity contribution >= 4 is 18.3 Å². The van der Waals surface area contributed by atoms with Crippen molar-refractivity contribution in [1.29, 1.82) is 0 Å². The van der Waals surface area contributed by atoms with Gasteiger partial charge in [-0.1, -0.05) is 13.3 Å². The fourth-order valence-electron chi connectivity index (χ4n) is 1.62. The van der Waals surface area contributed by atoms with E-state index in [2.05, 4.69) is 5.10 Å². The predicted octanol–water partition coefficient (Wildman–Crippen LogP) is 0.928. The van der Waals surface area contributed by atoms with E-state index in [4.69, 9.17) is 5.73 Å². The summed E-state index contributed by atoms with van der Waals surface area (Å²) in [6, 6.07) is -0.383. The summed E-state index contributed by atoms with van der Waals surface area (Å²) in [7, 11) is 3.62. The van der Waals surface area contributed by atoms with Crippen LogP contribution in [-0.4, -0.2) is 33.7 Å². The van der Waals surface area contributed by atoms with E-state index in [-0.39, 0.29) is 24.4 Å². The van der Waals surface area contributed by atoms with Crippen molar-refractivity contribution in [3.05, 3.63) is 18.0 Å². The van der Waals surface area contributed by atoms with Crippen LogP contribution in [-0.2, 0) is 18.4 Å². The highest BCUT2D eigenvalue weighted by Crippen LogP contribution is 2.04. The maximum absolute atomic E-state index is 11.8. The molecule has 0 aliphatic heterocycles. The average molecular weight is 261 g/mol. The van der Waals surface area contributed by atoms with E-state index in [1.807, 2.05) is 20.2 Å². The SMILES string of the molecule is CCCC(N)C(=O)N(C)Cc1cnn(C)c1.Cl. The molecule has 0 aliphatic rings. The highest BCUT2D eigenvalue weighted by Gasteiger charge is 2.17. The van der Waals surface area contributed by atoms with Crippen molar-refractivity contribution in [2.24, 2.45) is 12.8 Å². The number of hydrogen-bond donors (Lipinski definition) is 1. The second-order valence-electron chi connectivity index (χ2n) is 4.11. The molecule has 17 heavy (non-hydrogen) atoms. The monoisotopic (exact) mass is 260 g/mol. The molecule has 2 N–H and O–H groups in total. The summed E-state index contributed by atoms with van der Waals surface area (Å²) < 4.78 is 1.72. The lowest BCUT2D eigenvalue weighted by molar-refractivity contribution is -0.131. The minimum atomic E-state index is -0.383. The van der Waals surface area contributed by atoms with Gasteiger partial charge in [-0.2, -0.15) is 5.10 Å². The number of amides is 1. The minimum Gasteiger partial charge on any atom is -0.340 e. The lowest BCUT2D eigenvalue weighted by atomic mass is 10.1. The number of rotatable bonds is 5. The summed E-state index contributed by atoms with van der Waals surface area (Å²) in [5.41, 5.74) is 6.79. The maximum Gasteiger partial charge on any atom is 0.239 e. The number of carbonyl (C=O) groups excluding carboxylic acids is 1. The summed E-state index contributed by atoms with van der Waals surface area (Å²) in [5, 5.41) is 4.06. The zero-order valence-corrected chi connectivity index (χ0v) is 11.4. The number of hydrogen-bond acceptors (Lipinski definition) is 3. The van der Waals surface area contributed by atoms with Crippen molar-refractivity contribution in [3.8, 4) is 0 Å². The molecule has 1 amide bonds. The fraction of sp³-hybridized carbons (Fsp3) is 0.636. The molecule has 0 spiro atoms. The first-order valence-electron chi connectivity index (χ1n) is 5.52. The molecule has 5 nitrogen and oxygen atoms in total. The predicted molar refractivity (Wildman–Crippen MR) is 69.8 cm³/mol. The van der Waals surface area contributed by atoms with Gasteiger partial charge in [0.15, 0.2) is 0 Å². The summed E-state index contributed by atoms with van der Waals surface area (Å²) in [6.45, 7) is 2.58. The average Bonchev–Trinajstić information content (AvgIpc) is 2.63. The van der Waals surface area contributed by atoms with E-state index in [1.165, 1.54) is 0 Å². The van der Waals surface area contributed by atoms with E-state index < -0.39 is 0 Å². The molecule has 0 saturated carbocycles. The Bertz CT molecular complexity index is 353. The van der Waals surface area contributed by atoms with Gasteiger partial charge in [-0.25, -0.2) is 0 Å². The molecule has 1 atom stereocenters. The molecule has 1 aromatic heterocycles. The molecule has 1 aromatic rings. The molecule has 0 radical (unpaired) electrons. The molecular weight excluding hydrogens is 240 g/mol. The molecule has 0 aliphatic carbocycles. The summed E-state index contributed by atoms with van der Waals surface area (Å²) in [6.07, 6.45) is 5.31. The Morgan fingerprint density at radius 1 is 1.65 bits per heavy atom. The van der Waals surface area contributed by atoms with Gasteiger partial charge in [0.05, 0.1) is 12.2 Å². The first-order chi connectivity index (χ1) is 7.54. The standard InChI is InChI=1S/C11H20N4O.ClH/c1-4-5-10(12)11(16)14(2)7-9-6-13-15(3)8-9;/h6,8,10H,4-5,7,12H2,1-3H3;1H. The first kappa shape index (κ1) is 15.9. The third-order valence-corrected chi connectivity index (χ3v) is 2.47. The number of carbonyl (C=O) groups is 1. The molecule has 1 heterocycles. The smallest absolute Gasteiger partial charge is 0.239 e. The van der Waals surface area contributed by atoms with Gasteiger partial charge in [-0.15, -0.1) is 12.4 Å². The summed E-state index contributed by atoms with van der Waals surface area (Å²) in [5.74, 6) is -0.00861. The van der Waals surface area contributed by atoms with Crippen LogP contribution in [0.3, 0.4) is 0 Å². The van der Waals surface area contributed by atoms with Crippen LogP contribution in [0.15, 0.2) is 12.4 Å². The van der Waals surface area contributed by atoms with Crippen molar-refractivity contribution in [2.75, 3.05) is 7.05 Å². The van der Waals surface area contributed by atoms with Gasteiger partial charge < -0.3 is 10.6 Å². The molecule has 0 saturated heterocycles. The second-order valence-corrected chi connectivity index (χ2v) is 4.11. The molecule has 1 rings (SSSR count). The molecule has 1 unspecified atom stereocenters. The highest BCUT2D eigenvalue weighted by molar-refractivity contribution is 5.85. The number of aromatic nitrogens is 2. The molecule has 98 valence electrons. The number of likely N-dealkylation sites (N-methyl/N-ethyl adjacent to an activating group) is 1. The maximum atomic E-state index is 11.8. The van der Waals surface area contributed by atoms with Gasteiger partial charge >= 0.3 is 0 Å². The lowest BCUT2D eigenvalue weighted by Gasteiger charge is -2.20. The van der Waals surface area contributed by atoms with Crippen molar-refractivity contribution in [3.63, 3.8) is 0 Å². The van der Waals surface area contributed by atoms with Crippen molar-refractivity contribution in [2.45, 2.75) is 32.4 Å². The highest BCUT2D eigenvalue weighted by atomic mass is 35.5. The van der Waals surface area contributed by atoms with E-state index in [9.17, 15) is 4.79 Å². The van der Waals surface area contributed by atoms with Gasteiger partial charge in [0.25, 0.3) is 0 Å². The molecule has 0 fully saturated rings. The lowest BCUT2D eigenvalue weighted by Crippen LogP contribution is -2.41. The van der Waals surface area contributed by atoms with E-state index >= 15 is 0 Å². The summed E-state index contributed by atoms with van der Waals surface area (Å²) in [4.78, 5) is 13.5. The zero-order chi connectivity index (χ0) is 12.1. The van der Waals surface area contributed by atoms with Gasteiger partial charge in [-0.05, 0) is 6.42 Å². The Kier molecular flexibility index (Phi) is 6.83. The number of aryl methyl sites for hydroxylation is 1. The summed E-state index contributed by atoms with van der Waals surface area (Å²) >= 11 is 0. The minimum absolute atomic E-state index is 0. The van der Waals surface area contributed by atoms with Crippen molar-refractivity contribution in [1.82, 2.24) is 14.7 Å². The van der Waals surface area contributed by atoms with Crippen LogP contribution in [0.4, 0.5) is 0 Å². The van der Waals surface area contributed by atoms with Crippen molar-refractivity contribution < 1.29 is 4.79 Å². The van der Waals surface area contributed by atoms with Crippen LogP contribution in [0.2, 0.25) is 0 Å². The Hall–Kier alpha value is -1.07. The molecule has 0 aromatic carbocycles. The normalized spacial score (nSPS) is 11.8. The molecule has 0 bridgehead atoms. The Morgan fingerprint density at radius 2 is 2.29 bits per heavy atom. The quantitative estimate of drug-likeness (QED) is 0.857. The van der Waals surface area contributed by atoms with Gasteiger partial charge in [-0.3, -0.25) is 9.48 Å². The van der Waals surface area contributed by atoms with E-state index in [0.29, 0.717) is 6.54 Å². The second kappa shape index (κ2) is 7.29. The van der Waals surface area contributed by atoms with Crippen LogP contribution >= 0.6 is 12.4 Å². The largest absolute Gasteiger partial charge is 0.340 e. The van der Waals surface area contributed by atoms with Crippen LogP contribution in [0.25, 0.3) is 0 Å². The number of nitrogens with two attached hydrogens (primary N) is 1. The Morgan fingerprint density at radius 3 is 2.76 bits per heavy atom. The zero-order valence-electron chi connectivity index (χ0n) is 10.6. The van der Waals surface area contributed by atoms with Crippen LogP contribution < -0.4 is 5.73 Å². The van der Waals surface area contributed by atoms with E-state index in [1.54, 1.807) is 22.8 Å². The third-order valence-electron chi connectivity index (χ3n) is 2.47.